The van der Waals surface area contributed by atoms with Gasteiger partial charge in [0.25, 0.3) is 0 Å². The van der Waals surface area contributed by atoms with Gasteiger partial charge in [-0.05, 0) is 31.6 Å². The lowest BCUT2D eigenvalue weighted by atomic mass is 9.99. The molecule has 0 amide bonds. The summed E-state index contributed by atoms with van der Waals surface area (Å²) in [4.78, 5) is 0. The van der Waals surface area contributed by atoms with Crippen LogP contribution in [0.1, 0.15) is 46.5 Å². The third-order valence-corrected chi connectivity index (χ3v) is 2.87. The number of allylic oxidation sites excluding steroid dienone is 3. The molecule has 0 saturated heterocycles. The maximum absolute atomic E-state index is 5.99. The molecule has 0 aromatic carbocycles. The summed E-state index contributed by atoms with van der Waals surface area (Å²) >= 11 is 0. The molecular formula is C16H27N. The summed E-state index contributed by atoms with van der Waals surface area (Å²) in [6, 6.07) is 0.305. The highest BCUT2D eigenvalue weighted by Gasteiger charge is 2.06. The average molecular weight is 233 g/mol. The van der Waals surface area contributed by atoms with Crippen molar-refractivity contribution in [3.05, 3.63) is 24.3 Å². The maximum atomic E-state index is 5.99. The summed E-state index contributed by atoms with van der Waals surface area (Å²) in [6.07, 6.45) is 18.3. The minimum absolute atomic E-state index is 0.248. The molecule has 1 aliphatic rings. The molecule has 1 heteroatoms. The van der Waals surface area contributed by atoms with E-state index in [0.717, 1.165) is 25.7 Å². The second kappa shape index (κ2) is 10.2. The first-order valence-corrected chi connectivity index (χ1v) is 6.77. The van der Waals surface area contributed by atoms with Crippen LogP contribution in [0.5, 0.6) is 0 Å². The van der Waals surface area contributed by atoms with Crippen LogP contribution in [0.25, 0.3) is 0 Å². The van der Waals surface area contributed by atoms with Crippen LogP contribution in [-0.2, 0) is 0 Å². The highest BCUT2D eigenvalue weighted by atomic mass is 14.6. The normalized spacial score (nSPS) is 31.4. The molecule has 96 valence electrons. The lowest BCUT2D eigenvalue weighted by molar-refractivity contribution is 0.528. The third kappa shape index (κ3) is 7.82. The lowest BCUT2D eigenvalue weighted by Crippen LogP contribution is -2.19. The molecule has 2 N–H and O–H groups in total. The Hall–Kier alpha value is -1.00. The van der Waals surface area contributed by atoms with Gasteiger partial charge in [-0.25, -0.2) is 0 Å². The van der Waals surface area contributed by atoms with E-state index in [2.05, 4.69) is 37.1 Å². The first-order chi connectivity index (χ1) is 8.22. The van der Waals surface area contributed by atoms with Gasteiger partial charge < -0.3 is 5.73 Å². The van der Waals surface area contributed by atoms with Crippen molar-refractivity contribution in [1.82, 2.24) is 0 Å². The maximum Gasteiger partial charge on any atom is 0.0414 e. The quantitative estimate of drug-likeness (QED) is 0.498. The van der Waals surface area contributed by atoms with E-state index >= 15 is 0 Å². The van der Waals surface area contributed by atoms with Crippen LogP contribution in [0.4, 0.5) is 0 Å². The predicted molar refractivity (Wildman–Crippen MR) is 77.6 cm³/mol. The molecule has 0 aliphatic heterocycles. The monoisotopic (exact) mass is 233 g/mol. The Bertz CT molecular complexity index is 270. The number of terminal acetylenes is 1. The van der Waals surface area contributed by atoms with E-state index in [4.69, 9.17) is 12.2 Å². The molecular weight excluding hydrogens is 206 g/mol. The second-order valence-corrected chi connectivity index (χ2v) is 4.42. The van der Waals surface area contributed by atoms with Crippen LogP contribution in [-0.4, -0.2) is 6.04 Å². The fourth-order valence-electron chi connectivity index (χ4n) is 1.73. The molecule has 1 nitrogen and oxygen atoms in total. The van der Waals surface area contributed by atoms with Crippen LogP contribution in [0.15, 0.2) is 24.3 Å². The minimum atomic E-state index is 0.248. The van der Waals surface area contributed by atoms with Gasteiger partial charge in [0.05, 0.1) is 0 Å². The van der Waals surface area contributed by atoms with Gasteiger partial charge in [-0.15, -0.1) is 6.42 Å². The van der Waals surface area contributed by atoms with Crippen molar-refractivity contribution in [3.63, 3.8) is 0 Å². The van der Waals surface area contributed by atoms with Gasteiger partial charge in [0.15, 0.2) is 0 Å². The zero-order valence-corrected chi connectivity index (χ0v) is 11.5. The topological polar surface area (TPSA) is 26.0 Å². The highest BCUT2D eigenvalue weighted by molar-refractivity contribution is 5.09. The third-order valence-electron chi connectivity index (χ3n) is 2.87. The molecule has 1 rings (SSSR count). The van der Waals surface area contributed by atoms with Gasteiger partial charge in [-0.2, -0.15) is 0 Å². The van der Waals surface area contributed by atoms with Crippen molar-refractivity contribution in [2.24, 2.45) is 17.6 Å². The summed E-state index contributed by atoms with van der Waals surface area (Å²) in [7, 11) is 0. The molecule has 0 bridgehead atoms. The van der Waals surface area contributed by atoms with Gasteiger partial charge in [0.1, 0.15) is 0 Å². The number of nitrogens with two attached hydrogens (primary N) is 1. The molecule has 0 saturated carbocycles. The highest BCUT2D eigenvalue weighted by Crippen LogP contribution is 2.15. The summed E-state index contributed by atoms with van der Waals surface area (Å²) in [5, 5.41) is 0. The number of hydrogen-bond donors (Lipinski definition) is 1. The molecule has 17 heavy (non-hydrogen) atoms. The number of rotatable bonds is 0. The van der Waals surface area contributed by atoms with Gasteiger partial charge in [-0.1, -0.05) is 51.0 Å². The summed E-state index contributed by atoms with van der Waals surface area (Å²) in [6.45, 7) is 6.22. The van der Waals surface area contributed by atoms with Gasteiger partial charge in [0, 0.05) is 12.0 Å². The Morgan fingerprint density at radius 3 is 2.41 bits per heavy atom. The van der Waals surface area contributed by atoms with E-state index in [1.165, 1.54) is 0 Å². The second-order valence-electron chi connectivity index (χ2n) is 4.42. The van der Waals surface area contributed by atoms with Crippen LogP contribution in [0.2, 0.25) is 0 Å². The molecule has 0 aromatic rings. The van der Waals surface area contributed by atoms with Gasteiger partial charge >= 0.3 is 0 Å². The van der Waals surface area contributed by atoms with E-state index < -0.39 is 0 Å². The van der Waals surface area contributed by atoms with Crippen molar-refractivity contribution in [3.8, 4) is 12.3 Å². The summed E-state index contributed by atoms with van der Waals surface area (Å²) in [5.41, 5.74) is 5.99. The van der Waals surface area contributed by atoms with Crippen molar-refractivity contribution >= 4 is 0 Å². The van der Waals surface area contributed by atoms with Crippen LogP contribution in [0, 0.1) is 24.2 Å². The molecule has 3 atom stereocenters. The number of hydrogen-bond acceptors (Lipinski definition) is 1. The van der Waals surface area contributed by atoms with E-state index in [9.17, 15) is 0 Å². The van der Waals surface area contributed by atoms with E-state index in [1.54, 1.807) is 0 Å². The first kappa shape index (κ1) is 16.0. The average Bonchev–Trinajstić information content (AvgIpc) is 2.40. The molecule has 0 heterocycles. The lowest BCUT2D eigenvalue weighted by Gasteiger charge is -2.11. The van der Waals surface area contributed by atoms with Crippen LogP contribution in [0.3, 0.4) is 0 Å². The molecule has 1 aliphatic carbocycles. The zero-order chi connectivity index (χ0) is 13.1. The van der Waals surface area contributed by atoms with Crippen molar-refractivity contribution in [1.29, 1.82) is 0 Å². The summed E-state index contributed by atoms with van der Waals surface area (Å²) in [5.74, 6) is 3.64. The zero-order valence-electron chi connectivity index (χ0n) is 11.5. The molecule has 0 aromatic heterocycles. The first-order valence-electron chi connectivity index (χ1n) is 6.77. The van der Waals surface area contributed by atoms with Crippen molar-refractivity contribution in [2.45, 2.75) is 52.5 Å². The molecule has 0 radical (unpaired) electrons. The predicted octanol–water partition coefficient (Wildman–Crippen LogP) is 3.91. The van der Waals surface area contributed by atoms with E-state index in [-0.39, 0.29) is 5.92 Å². The Morgan fingerprint density at radius 2 is 1.76 bits per heavy atom. The Kier molecular flexibility index (Phi) is 9.57. The largest absolute Gasteiger partial charge is 0.327 e. The Balaban J connectivity index is 0.00000121. The standard InChI is InChI=1S/C14H21N.C2H6/c1-3-13-6-4-5-7-14(15)11-9-12(2)8-10-13;1-2/h1,4-5,8,10,12-14H,6-7,9,11,15H2,2H3;1-2H3/b5-4-,10-8?;. The fourth-order valence-corrected chi connectivity index (χ4v) is 1.73. The van der Waals surface area contributed by atoms with Gasteiger partial charge in [-0.3, -0.25) is 0 Å². The van der Waals surface area contributed by atoms with Crippen molar-refractivity contribution in [2.75, 3.05) is 0 Å². The Labute approximate surface area is 107 Å². The smallest absolute Gasteiger partial charge is 0.0414 e. The molecule has 0 fully saturated rings. The van der Waals surface area contributed by atoms with Gasteiger partial charge in [0.2, 0.25) is 0 Å². The fraction of sp³-hybridized carbons (Fsp3) is 0.625. The van der Waals surface area contributed by atoms with Crippen molar-refractivity contribution < 1.29 is 0 Å². The van der Waals surface area contributed by atoms with Crippen LogP contribution < -0.4 is 5.73 Å². The minimum Gasteiger partial charge on any atom is -0.327 e. The molecule has 3 unspecified atom stereocenters. The molecule has 0 spiro atoms. The van der Waals surface area contributed by atoms with E-state index in [0.29, 0.717) is 12.0 Å². The van der Waals surface area contributed by atoms with Crippen LogP contribution >= 0.6 is 0 Å². The summed E-state index contributed by atoms with van der Waals surface area (Å²) < 4.78 is 0. The van der Waals surface area contributed by atoms with E-state index in [1.807, 2.05) is 13.8 Å². The Morgan fingerprint density at radius 1 is 1.12 bits per heavy atom. The SMILES string of the molecule is C#CC1C=CC(C)CCC(N)C/C=C\C1.CC.